The van der Waals surface area contributed by atoms with Crippen molar-refractivity contribution >= 4 is 17.3 Å². The second-order valence-corrected chi connectivity index (χ2v) is 3.30. The molecule has 0 aliphatic rings. The summed E-state index contributed by atoms with van der Waals surface area (Å²) in [7, 11) is 0. The quantitative estimate of drug-likeness (QED) is 0.439. The van der Waals surface area contributed by atoms with Gasteiger partial charge in [0.2, 0.25) is 0 Å². The summed E-state index contributed by atoms with van der Waals surface area (Å²) in [6.07, 6.45) is 0. The zero-order valence-electron chi connectivity index (χ0n) is 8.81. The average Bonchev–Trinajstić information content (AvgIpc) is 2.24. The van der Waals surface area contributed by atoms with E-state index >= 15 is 0 Å². The van der Waals surface area contributed by atoms with E-state index in [1.165, 1.54) is 12.1 Å². The Labute approximate surface area is 98.1 Å². The molecule has 0 aliphatic heterocycles. The van der Waals surface area contributed by atoms with E-state index < -0.39 is 4.92 Å². The number of nitro benzene ring substituents is 1. The standard InChI is InChI=1S/C10H12ClNO4/c1-2-15-6-7-16-9-5-3-4-8(11)10(9)12(13)14/h3-5H,2,6-7H2,1H3. The molecular formula is C10H12ClNO4. The Morgan fingerprint density at radius 2 is 2.19 bits per heavy atom. The highest BCUT2D eigenvalue weighted by molar-refractivity contribution is 6.32. The van der Waals surface area contributed by atoms with Crippen LogP contribution in [0.3, 0.4) is 0 Å². The highest BCUT2D eigenvalue weighted by Gasteiger charge is 2.19. The molecule has 0 saturated carbocycles. The molecule has 6 heteroatoms. The van der Waals surface area contributed by atoms with Crippen LogP contribution >= 0.6 is 11.6 Å². The van der Waals surface area contributed by atoms with E-state index in [1.54, 1.807) is 6.07 Å². The molecule has 0 spiro atoms. The third-order valence-electron chi connectivity index (χ3n) is 1.82. The van der Waals surface area contributed by atoms with Gasteiger partial charge in [-0.15, -0.1) is 0 Å². The molecular weight excluding hydrogens is 234 g/mol. The van der Waals surface area contributed by atoms with Crippen molar-refractivity contribution in [1.29, 1.82) is 0 Å². The zero-order valence-corrected chi connectivity index (χ0v) is 9.57. The Morgan fingerprint density at radius 3 is 2.81 bits per heavy atom. The van der Waals surface area contributed by atoms with E-state index in [4.69, 9.17) is 21.1 Å². The van der Waals surface area contributed by atoms with Crippen LogP contribution in [0.4, 0.5) is 5.69 Å². The molecule has 0 bridgehead atoms. The first kappa shape index (κ1) is 12.7. The predicted molar refractivity (Wildman–Crippen MR) is 60.1 cm³/mol. The molecule has 16 heavy (non-hydrogen) atoms. The van der Waals surface area contributed by atoms with Crippen LogP contribution in [0.1, 0.15) is 6.92 Å². The minimum absolute atomic E-state index is 0.0684. The molecule has 0 saturated heterocycles. The monoisotopic (exact) mass is 245 g/mol. The van der Waals surface area contributed by atoms with Crippen molar-refractivity contribution in [3.8, 4) is 5.75 Å². The van der Waals surface area contributed by atoms with Crippen LogP contribution in [-0.4, -0.2) is 24.7 Å². The third-order valence-corrected chi connectivity index (χ3v) is 2.13. The van der Waals surface area contributed by atoms with Gasteiger partial charge in [0.25, 0.3) is 0 Å². The van der Waals surface area contributed by atoms with Crippen molar-refractivity contribution in [2.45, 2.75) is 6.92 Å². The summed E-state index contributed by atoms with van der Waals surface area (Å²) in [5.74, 6) is 0.164. The molecule has 88 valence electrons. The van der Waals surface area contributed by atoms with E-state index in [2.05, 4.69) is 0 Å². The molecule has 0 aromatic heterocycles. The summed E-state index contributed by atoms with van der Waals surface area (Å²) in [5.41, 5.74) is -0.208. The van der Waals surface area contributed by atoms with E-state index in [0.29, 0.717) is 13.2 Å². The minimum atomic E-state index is -0.557. The lowest BCUT2D eigenvalue weighted by Crippen LogP contribution is -2.07. The number of halogens is 1. The van der Waals surface area contributed by atoms with Crippen LogP contribution in [-0.2, 0) is 4.74 Å². The predicted octanol–water partition coefficient (Wildman–Crippen LogP) is 2.66. The maximum atomic E-state index is 10.7. The number of para-hydroxylation sites is 1. The molecule has 0 N–H and O–H groups in total. The van der Waals surface area contributed by atoms with Crippen LogP contribution in [0.2, 0.25) is 5.02 Å². The fraction of sp³-hybridized carbons (Fsp3) is 0.400. The van der Waals surface area contributed by atoms with Crippen LogP contribution in [0.15, 0.2) is 18.2 Å². The first-order valence-electron chi connectivity index (χ1n) is 4.80. The zero-order chi connectivity index (χ0) is 12.0. The molecule has 1 aromatic carbocycles. The van der Waals surface area contributed by atoms with Crippen LogP contribution < -0.4 is 4.74 Å². The second-order valence-electron chi connectivity index (χ2n) is 2.89. The topological polar surface area (TPSA) is 61.6 Å². The van der Waals surface area contributed by atoms with E-state index in [-0.39, 0.29) is 23.1 Å². The van der Waals surface area contributed by atoms with E-state index in [0.717, 1.165) is 0 Å². The molecule has 0 heterocycles. The number of ether oxygens (including phenoxy) is 2. The van der Waals surface area contributed by atoms with Crippen molar-refractivity contribution < 1.29 is 14.4 Å². The molecule has 0 radical (unpaired) electrons. The number of nitrogens with zero attached hydrogens (tertiary/aromatic N) is 1. The first-order valence-corrected chi connectivity index (χ1v) is 5.18. The van der Waals surface area contributed by atoms with Gasteiger partial charge in [0.05, 0.1) is 11.5 Å². The largest absolute Gasteiger partial charge is 0.484 e. The maximum Gasteiger partial charge on any atom is 0.329 e. The van der Waals surface area contributed by atoms with Crippen molar-refractivity contribution in [1.82, 2.24) is 0 Å². The maximum absolute atomic E-state index is 10.7. The van der Waals surface area contributed by atoms with Crippen LogP contribution in [0.5, 0.6) is 5.75 Å². The number of hydrogen-bond acceptors (Lipinski definition) is 4. The SMILES string of the molecule is CCOCCOc1cccc(Cl)c1[N+](=O)[O-]. The van der Waals surface area contributed by atoms with Crippen molar-refractivity contribution in [2.75, 3.05) is 19.8 Å². The fourth-order valence-electron chi connectivity index (χ4n) is 1.14. The second kappa shape index (κ2) is 6.30. The van der Waals surface area contributed by atoms with Crippen molar-refractivity contribution in [2.24, 2.45) is 0 Å². The number of hydrogen-bond donors (Lipinski definition) is 0. The Hall–Kier alpha value is -1.33. The van der Waals surface area contributed by atoms with Gasteiger partial charge in [0, 0.05) is 6.61 Å². The van der Waals surface area contributed by atoms with E-state index in [1.807, 2.05) is 6.92 Å². The van der Waals surface area contributed by atoms with Crippen LogP contribution in [0.25, 0.3) is 0 Å². The molecule has 0 unspecified atom stereocenters. The summed E-state index contributed by atoms with van der Waals surface area (Å²) in [4.78, 5) is 10.2. The smallest absolute Gasteiger partial charge is 0.329 e. The highest BCUT2D eigenvalue weighted by atomic mass is 35.5. The van der Waals surface area contributed by atoms with Gasteiger partial charge in [-0.3, -0.25) is 10.1 Å². The van der Waals surface area contributed by atoms with Gasteiger partial charge in [0.15, 0.2) is 5.75 Å². The van der Waals surface area contributed by atoms with Gasteiger partial charge in [-0.25, -0.2) is 0 Å². The Morgan fingerprint density at radius 1 is 1.44 bits per heavy atom. The molecule has 0 atom stereocenters. The molecule has 0 amide bonds. The normalized spacial score (nSPS) is 10.1. The number of rotatable bonds is 6. The van der Waals surface area contributed by atoms with Gasteiger partial charge in [-0.2, -0.15) is 0 Å². The summed E-state index contributed by atoms with van der Waals surface area (Å²) < 4.78 is 10.3. The lowest BCUT2D eigenvalue weighted by atomic mass is 10.3. The summed E-state index contributed by atoms with van der Waals surface area (Å²) in [6, 6.07) is 4.57. The average molecular weight is 246 g/mol. The first-order chi connectivity index (χ1) is 7.66. The summed E-state index contributed by atoms with van der Waals surface area (Å²) in [6.45, 7) is 3.10. The Bertz CT molecular complexity index is 370. The third kappa shape index (κ3) is 3.36. The van der Waals surface area contributed by atoms with Gasteiger partial charge >= 0.3 is 5.69 Å². The molecule has 0 fully saturated rings. The molecule has 1 aromatic rings. The fourth-order valence-corrected chi connectivity index (χ4v) is 1.38. The van der Waals surface area contributed by atoms with Gasteiger partial charge < -0.3 is 9.47 Å². The van der Waals surface area contributed by atoms with Gasteiger partial charge in [-0.1, -0.05) is 17.7 Å². The van der Waals surface area contributed by atoms with Crippen molar-refractivity contribution in [3.63, 3.8) is 0 Å². The molecule has 0 aliphatic carbocycles. The van der Waals surface area contributed by atoms with Crippen molar-refractivity contribution in [3.05, 3.63) is 33.3 Å². The summed E-state index contributed by atoms with van der Waals surface area (Å²) in [5, 5.41) is 10.8. The van der Waals surface area contributed by atoms with E-state index in [9.17, 15) is 10.1 Å². The van der Waals surface area contributed by atoms with Gasteiger partial charge in [0.1, 0.15) is 11.6 Å². The Balaban J connectivity index is 2.71. The van der Waals surface area contributed by atoms with Crippen LogP contribution in [0, 0.1) is 10.1 Å². The van der Waals surface area contributed by atoms with Gasteiger partial charge in [-0.05, 0) is 19.1 Å². The Kier molecular flexibility index (Phi) is 5.01. The molecule has 1 rings (SSSR count). The number of benzene rings is 1. The highest BCUT2D eigenvalue weighted by Crippen LogP contribution is 2.33. The minimum Gasteiger partial charge on any atom is -0.484 e. The summed E-state index contributed by atoms with van der Waals surface area (Å²) >= 11 is 5.71. The number of nitro groups is 1. The molecule has 5 nitrogen and oxygen atoms in total. The lowest BCUT2D eigenvalue weighted by Gasteiger charge is -2.07. The lowest BCUT2D eigenvalue weighted by molar-refractivity contribution is -0.385.